The highest BCUT2D eigenvalue weighted by Crippen LogP contribution is 2.34. The van der Waals surface area contributed by atoms with Crippen molar-refractivity contribution in [3.8, 4) is 0 Å². The molecule has 0 aromatic heterocycles. The van der Waals surface area contributed by atoms with Gasteiger partial charge in [0.2, 0.25) is 5.79 Å². The number of carboxylic acid groups (broad SMARTS) is 1. The van der Waals surface area contributed by atoms with Crippen molar-refractivity contribution >= 4 is 17.5 Å². The molecule has 0 unspecified atom stereocenters. The number of unbranched alkanes of at least 4 members (excludes halogenated alkanes) is 3. The first kappa shape index (κ1) is 22.9. The van der Waals surface area contributed by atoms with Crippen LogP contribution in [-0.2, 0) is 33.9 Å². The average molecular weight is 400 g/mol. The van der Waals surface area contributed by atoms with E-state index in [1.165, 1.54) is 6.42 Å². The smallest absolute Gasteiger partial charge is 0.303 e. The Balaban J connectivity index is 1.51. The Labute approximate surface area is 165 Å². The molecular formula is C20H32O8. The van der Waals surface area contributed by atoms with Gasteiger partial charge in [-0.2, -0.15) is 9.78 Å². The number of Topliss-reactive ketones (excluding diaryl/α,β-unsaturated/α-hetero) is 2. The fourth-order valence-corrected chi connectivity index (χ4v) is 3.53. The van der Waals surface area contributed by atoms with Gasteiger partial charge in [0.15, 0.2) is 11.6 Å². The molecule has 8 heteroatoms. The van der Waals surface area contributed by atoms with Gasteiger partial charge < -0.3 is 5.11 Å². The SMILES string of the molecule is O=C(O)CCC(=O)C(=O)CCCCCCC1COOC2(CCCCC2)OOC1. The number of ketones is 2. The molecule has 28 heavy (non-hydrogen) atoms. The van der Waals surface area contributed by atoms with Gasteiger partial charge in [-0.1, -0.05) is 25.7 Å². The minimum absolute atomic E-state index is 0.192. The van der Waals surface area contributed by atoms with E-state index < -0.39 is 23.3 Å². The van der Waals surface area contributed by atoms with Crippen molar-refractivity contribution in [3.63, 3.8) is 0 Å². The number of rotatable bonds is 11. The van der Waals surface area contributed by atoms with Gasteiger partial charge in [-0.15, -0.1) is 0 Å². The Morgan fingerprint density at radius 2 is 1.39 bits per heavy atom. The largest absolute Gasteiger partial charge is 0.481 e. The number of hydrogen-bond donors (Lipinski definition) is 1. The van der Waals surface area contributed by atoms with Crippen LogP contribution in [0.4, 0.5) is 0 Å². The minimum atomic E-state index is -1.06. The Morgan fingerprint density at radius 3 is 2.04 bits per heavy atom. The van der Waals surface area contributed by atoms with E-state index in [1.54, 1.807) is 0 Å². The Kier molecular flexibility index (Phi) is 10.0. The van der Waals surface area contributed by atoms with Gasteiger partial charge >= 0.3 is 5.97 Å². The molecule has 2 rings (SSSR count). The standard InChI is InChI=1S/C20H32O8/c21-17(18(22)10-11-19(23)24)9-5-2-1-4-8-16-14-25-27-20(28-26-15-16)12-6-3-7-13-20/h16H,1-15H2,(H,23,24). The highest BCUT2D eigenvalue weighted by molar-refractivity contribution is 6.37. The van der Waals surface area contributed by atoms with E-state index in [4.69, 9.17) is 24.7 Å². The van der Waals surface area contributed by atoms with Crippen LogP contribution in [-0.4, -0.2) is 41.6 Å². The third-order valence-electron chi connectivity index (χ3n) is 5.29. The zero-order chi connectivity index (χ0) is 20.2. The van der Waals surface area contributed by atoms with Crippen molar-refractivity contribution < 1.29 is 39.0 Å². The molecule has 1 saturated carbocycles. The summed E-state index contributed by atoms with van der Waals surface area (Å²) >= 11 is 0. The molecule has 0 atom stereocenters. The first-order valence-electron chi connectivity index (χ1n) is 10.4. The summed E-state index contributed by atoms with van der Waals surface area (Å²) in [6, 6.07) is 0. The van der Waals surface area contributed by atoms with Crippen LogP contribution in [0.2, 0.25) is 0 Å². The molecule has 0 aromatic rings. The Hall–Kier alpha value is -1.35. The maximum Gasteiger partial charge on any atom is 0.303 e. The quantitative estimate of drug-likeness (QED) is 0.319. The third kappa shape index (κ3) is 8.34. The van der Waals surface area contributed by atoms with Crippen molar-refractivity contribution in [2.75, 3.05) is 13.2 Å². The van der Waals surface area contributed by atoms with Gasteiger partial charge in [0, 0.05) is 31.6 Å². The lowest BCUT2D eigenvalue weighted by atomic mass is 9.94. The molecule has 0 bridgehead atoms. The number of hydrogen-bond acceptors (Lipinski definition) is 7. The molecule has 1 heterocycles. The third-order valence-corrected chi connectivity index (χ3v) is 5.29. The first-order chi connectivity index (χ1) is 13.5. The lowest BCUT2D eigenvalue weighted by molar-refractivity contribution is -0.533. The fourth-order valence-electron chi connectivity index (χ4n) is 3.53. The fraction of sp³-hybridized carbons (Fsp3) is 0.850. The second-order valence-corrected chi connectivity index (χ2v) is 7.77. The zero-order valence-corrected chi connectivity index (χ0v) is 16.5. The molecule has 0 amide bonds. The van der Waals surface area contributed by atoms with Crippen molar-refractivity contribution in [1.29, 1.82) is 0 Å². The maximum absolute atomic E-state index is 11.6. The molecule has 2 aliphatic rings. The van der Waals surface area contributed by atoms with Crippen molar-refractivity contribution in [2.45, 2.75) is 89.3 Å². The van der Waals surface area contributed by atoms with Gasteiger partial charge in [-0.25, -0.2) is 9.78 Å². The second kappa shape index (κ2) is 12.3. The van der Waals surface area contributed by atoms with Crippen LogP contribution in [0.3, 0.4) is 0 Å². The van der Waals surface area contributed by atoms with Crippen LogP contribution in [0.1, 0.15) is 83.5 Å². The van der Waals surface area contributed by atoms with Gasteiger partial charge in [0.05, 0.1) is 19.6 Å². The maximum atomic E-state index is 11.6. The summed E-state index contributed by atoms with van der Waals surface area (Å²) in [6.45, 7) is 0.948. The van der Waals surface area contributed by atoms with Crippen LogP contribution >= 0.6 is 0 Å². The summed E-state index contributed by atoms with van der Waals surface area (Å²) in [7, 11) is 0. The van der Waals surface area contributed by atoms with E-state index in [9.17, 15) is 14.4 Å². The number of aliphatic carboxylic acids is 1. The highest BCUT2D eigenvalue weighted by Gasteiger charge is 2.38. The lowest BCUT2D eigenvalue weighted by Crippen LogP contribution is -2.41. The van der Waals surface area contributed by atoms with Crippen molar-refractivity contribution in [3.05, 3.63) is 0 Å². The molecule has 2 fully saturated rings. The van der Waals surface area contributed by atoms with Gasteiger partial charge in [0.25, 0.3) is 0 Å². The normalized spacial score (nSPS) is 20.4. The molecule has 1 spiro atoms. The number of carbonyl (C=O) groups excluding carboxylic acids is 2. The topological polar surface area (TPSA) is 108 Å². The van der Waals surface area contributed by atoms with Crippen LogP contribution < -0.4 is 0 Å². The minimum Gasteiger partial charge on any atom is -0.481 e. The first-order valence-corrected chi connectivity index (χ1v) is 10.4. The predicted octanol–water partition coefficient (Wildman–Crippen LogP) is 3.52. The van der Waals surface area contributed by atoms with Crippen molar-refractivity contribution in [2.24, 2.45) is 5.92 Å². The molecule has 1 aliphatic carbocycles. The van der Waals surface area contributed by atoms with Gasteiger partial charge in [-0.05, 0) is 25.7 Å². The summed E-state index contributed by atoms with van der Waals surface area (Å²) in [5.74, 6) is -2.65. The molecule has 8 nitrogen and oxygen atoms in total. The van der Waals surface area contributed by atoms with Crippen LogP contribution in [0, 0.1) is 5.92 Å². The summed E-state index contributed by atoms with van der Waals surface area (Å²) in [4.78, 5) is 55.4. The Bertz CT molecular complexity index is 500. The molecule has 1 N–H and O–H groups in total. The summed E-state index contributed by atoms with van der Waals surface area (Å²) in [6.07, 6.45) is 8.85. The molecule has 0 aromatic carbocycles. The molecule has 1 aliphatic heterocycles. The molecular weight excluding hydrogens is 368 g/mol. The van der Waals surface area contributed by atoms with E-state index in [2.05, 4.69) is 0 Å². The van der Waals surface area contributed by atoms with Crippen molar-refractivity contribution in [1.82, 2.24) is 0 Å². The molecule has 0 radical (unpaired) electrons. The number of carbonyl (C=O) groups is 3. The van der Waals surface area contributed by atoms with E-state index in [0.29, 0.717) is 19.6 Å². The van der Waals surface area contributed by atoms with Crippen LogP contribution in [0.25, 0.3) is 0 Å². The van der Waals surface area contributed by atoms with E-state index in [-0.39, 0.29) is 25.2 Å². The van der Waals surface area contributed by atoms with E-state index >= 15 is 0 Å². The molecule has 1 saturated heterocycles. The summed E-state index contributed by atoms with van der Waals surface area (Å²) in [5.41, 5.74) is 0. The number of carboxylic acids is 1. The monoisotopic (exact) mass is 400 g/mol. The predicted molar refractivity (Wildman–Crippen MR) is 98.0 cm³/mol. The Morgan fingerprint density at radius 1 is 0.786 bits per heavy atom. The summed E-state index contributed by atoms with van der Waals surface area (Å²) < 4.78 is 0. The van der Waals surface area contributed by atoms with Gasteiger partial charge in [0.1, 0.15) is 0 Å². The van der Waals surface area contributed by atoms with Crippen LogP contribution in [0.15, 0.2) is 0 Å². The lowest BCUT2D eigenvalue weighted by Gasteiger charge is -2.36. The van der Waals surface area contributed by atoms with E-state index in [0.717, 1.165) is 51.4 Å². The molecule has 160 valence electrons. The van der Waals surface area contributed by atoms with E-state index in [1.807, 2.05) is 0 Å². The summed E-state index contributed by atoms with van der Waals surface area (Å²) in [5, 5.41) is 8.53. The van der Waals surface area contributed by atoms with Gasteiger partial charge in [-0.3, -0.25) is 14.4 Å². The zero-order valence-electron chi connectivity index (χ0n) is 16.5. The van der Waals surface area contributed by atoms with Crippen LogP contribution in [0.5, 0.6) is 0 Å². The average Bonchev–Trinajstić information content (AvgIpc) is 2.67. The highest BCUT2D eigenvalue weighted by atomic mass is 17.3. The second-order valence-electron chi connectivity index (χ2n) is 7.77.